The number of aryl methyl sites for hydroxylation is 3. The van der Waals surface area contributed by atoms with E-state index in [4.69, 9.17) is 0 Å². The Hall–Kier alpha value is -4.07. The minimum absolute atomic E-state index is 0.0667. The zero-order valence-electron chi connectivity index (χ0n) is 17.2. The highest BCUT2D eigenvalue weighted by molar-refractivity contribution is 6.08. The zero-order valence-corrected chi connectivity index (χ0v) is 17.2. The van der Waals surface area contributed by atoms with Gasteiger partial charge < -0.3 is 10.6 Å². The van der Waals surface area contributed by atoms with Gasteiger partial charge in [-0.05, 0) is 49.7 Å². The highest BCUT2D eigenvalue weighted by atomic mass is 19.1. The van der Waals surface area contributed by atoms with Crippen molar-refractivity contribution in [3.05, 3.63) is 82.9 Å². The van der Waals surface area contributed by atoms with Crippen molar-refractivity contribution < 1.29 is 14.0 Å². The van der Waals surface area contributed by atoms with E-state index >= 15 is 0 Å². The van der Waals surface area contributed by atoms with Crippen molar-refractivity contribution in [2.75, 3.05) is 10.6 Å². The summed E-state index contributed by atoms with van der Waals surface area (Å²) in [6.45, 7) is 3.67. The molecule has 0 fully saturated rings. The van der Waals surface area contributed by atoms with Gasteiger partial charge in [0.15, 0.2) is 5.65 Å². The minimum Gasteiger partial charge on any atom is -0.322 e. The number of aromatic nitrogens is 3. The van der Waals surface area contributed by atoms with Gasteiger partial charge in [-0.15, -0.1) is 0 Å². The van der Waals surface area contributed by atoms with Crippen LogP contribution < -0.4 is 10.6 Å². The number of nitrogens with zero attached hydrogens (tertiary/aromatic N) is 3. The molecule has 0 aliphatic rings. The fraction of sp³-hybridized carbons (Fsp3) is 0.130. The highest BCUT2D eigenvalue weighted by Crippen LogP contribution is 2.22. The maximum Gasteiger partial charge on any atom is 0.258 e. The molecule has 156 valence electrons. The fourth-order valence-electron chi connectivity index (χ4n) is 3.31. The lowest BCUT2D eigenvalue weighted by atomic mass is 10.1. The molecule has 0 unspecified atom stereocenters. The van der Waals surface area contributed by atoms with Gasteiger partial charge >= 0.3 is 0 Å². The molecule has 0 radical (unpaired) electrons. The minimum atomic E-state index is -0.611. The van der Waals surface area contributed by atoms with Crippen LogP contribution in [0, 0.1) is 19.7 Å². The maximum atomic E-state index is 13.9. The van der Waals surface area contributed by atoms with Crippen LogP contribution in [0.5, 0.6) is 0 Å². The lowest BCUT2D eigenvalue weighted by molar-refractivity contribution is 0.101. The van der Waals surface area contributed by atoms with E-state index in [1.54, 1.807) is 42.1 Å². The van der Waals surface area contributed by atoms with Crippen LogP contribution in [0.2, 0.25) is 0 Å². The van der Waals surface area contributed by atoms with E-state index in [9.17, 15) is 14.0 Å². The van der Waals surface area contributed by atoms with Crippen LogP contribution >= 0.6 is 0 Å². The van der Waals surface area contributed by atoms with E-state index in [1.165, 1.54) is 18.2 Å². The van der Waals surface area contributed by atoms with E-state index in [0.717, 1.165) is 22.3 Å². The summed E-state index contributed by atoms with van der Waals surface area (Å²) >= 11 is 0. The Kier molecular flexibility index (Phi) is 5.21. The predicted octanol–water partition coefficient (Wildman–Crippen LogP) is 4.23. The zero-order chi connectivity index (χ0) is 22.1. The molecular weight excluding hydrogens is 397 g/mol. The molecule has 8 heteroatoms. The van der Waals surface area contributed by atoms with Gasteiger partial charge in [-0.25, -0.2) is 9.37 Å². The van der Waals surface area contributed by atoms with Crippen LogP contribution in [0.15, 0.2) is 54.7 Å². The second-order valence-electron chi connectivity index (χ2n) is 7.22. The van der Waals surface area contributed by atoms with Crippen molar-refractivity contribution >= 4 is 34.2 Å². The van der Waals surface area contributed by atoms with Gasteiger partial charge in [0.25, 0.3) is 11.8 Å². The summed E-state index contributed by atoms with van der Waals surface area (Å²) in [6.07, 6.45) is 1.57. The molecule has 0 bridgehead atoms. The van der Waals surface area contributed by atoms with Gasteiger partial charge in [-0.1, -0.05) is 18.2 Å². The summed E-state index contributed by atoms with van der Waals surface area (Å²) < 4.78 is 15.6. The Bertz CT molecular complexity index is 1330. The molecule has 0 aliphatic carbocycles. The number of rotatable bonds is 4. The Morgan fingerprint density at radius 2 is 1.77 bits per heavy atom. The second kappa shape index (κ2) is 7.98. The third kappa shape index (κ3) is 4.00. The molecule has 7 nitrogen and oxygen atoms in total. The molecule has 0 aliphatic heterocycles. The fourth-order valence-corrected chi connectivity index (χ4v) is 3.31. The molecule has 31 heavy (non-hydrogen) atoms. The van der Waals surface area contributed by atoms with Crippen molar-refractivity contribution in [2.45, 2.75) is 13.8 Å². The Balaban J connectivity index is 1.56. The number of carbonyl (C=O) groups is 2. The number of benzene rings is 2. The van der Waals surface area contributed by atoms with Crippen molar-refractivity contribution in [3.8, 4) is 0 Å². The molecule has 0 saturated carbocycles. The average Bonchev–Trinajstić information content (AvgIpc) is 3.03. The van der Waals surface area contributed by atoms with Crippen molar-refractivity contribution in [2.24, 2.45) is 7.05 Å². The van der Waals surface area contributed by atoms with E-state index in [1.807, 2.05) is 20.0 Å². The number of nitrogens with one attached hydrogen (secondary N) is 2. The maximum absolute atomic E-state index is 13.9. The van der Waals surface area contributed by atoms with E-state index < -0.39 is 11.7 Å². The summed E-state index contributed by atoms with van der Waals surface area (Å²) in [5.74, 6) is -1.55. The van der Waals surface area contributed by atoms with Gasteiger partial charge in [-0.3, -0.25) is 14.3 Å². The summed E-state index contributed by atoms with van der Waals surface area (Å²) in [7, 11) is 1.81. The van der Waals surface area contributed by atoms with Gasteiger partial charge in [0.2, 0.25) is 0 Å². The number of anilines is 2. The van der Waals surface area contributed by atoms with Crippen LogP contribution in [-0.4, -0.2) is 26.6 Å². The first-order valence-electron chi connectivity index (χ1n) is 9.60. The summed E-state index contributed by atoms with van der Waals surface area (Å²) in [5, 5.41) is 10.7. The first kappa shape index (κ1) is 20.2. The SMILES string of the molecule is Cc1ccc(C(=O)Nc2cnc3c(c2)c(C)nn3C)cc1NC(=O)c1ccccc1F. The van der Waals surface area contributed by atoms with Gasteiger partial charge in [-0.2, -0.15) is 5.10 Å². The normalized spacial score (nSPS) is 10.8. The molecule has 4 rings (SSSR count). The van der Waals surface area contributed by atoms with Crippen molar-refractivity contribution in [1.82, 2.24) is 14.8 Å². The van der Waals surface area contributed by atoms with Crippen LogP contribution in [0.1, 0.15) is 32.0 Å². The van der Waals surface area contributed by atoms with Gasteiger partial charge in [0, 0.05) is 23.7 Å². The number of hydrogen-bond acceptors (Lipinski definition) is 4. The highest BCUT2D eigenvalue weighted by Gasteiger charge is 2.15. The largest absolute Gasteiger partial charge is 0.322 e. The standard InChI is InChI=1S/C23H20FN5O2/c1-13-8-9-15(10-20(13)27-23(31)17-6-4-5-7-19(17)24)22(30)26-16-11-18-14(2)28-29(3)21(18)25-12-16/h4-12H,1-3H3,(H,26,30)(H,27,31). The number of fused-ring (bicyclic) bond motifs is 1. The average molecular weight is 417 g/mol. The van der Waals surface area contributed by atoms with Gasteiger partial charge in [0.1, 0.15) is 5.82 Å². The van der Waals surface area contributed by atoms with Crippen LogP contribution in [-0.2, 0) is 7.05 Å². The number of carbonyl (C=O) groups excluding carboxylic acids is 2. The van der Waals surface area contributed by atoms with Crippen LogP contribution in [0.3, 0.4) is 0 Å². The van der Waals surface area contributed by atoms with E-state index in [-0.39, 0.29) is 11.5 Å². The molecule has 2 N–H and O–H groups in total. The number of pyridine rings is 1. The Morgan fingerprint density at radius 3 is 2.55 bits per heavy atom. The quantitative estimate of drug-likeness (QED) is 0.520. The molecule has 0 atom stereocenters. The van der Waals surface area contributed by atoms with E-state index in [0.29, 0.717) is 16.9 Å². The summed E-state index contributed by atoms with van der Waals surface area (Å²) in [4.78, 5) is 29.6. The molecule has 0 spiro atoms. The smallest absolute Gasteiger partial charge is 0.258 e. The Morgan fingerprint density at radius 1 is 1.00 bits per heavy atom. The van der Waals surface area contributed by atoms with E-state index in [2.05, 4.69) is 20.7 Å². The molecule has 2 heterocycles. The number of amides is 2. The topological polar surface area (TPSA) is 88.9 Å². The molecular formula is C23H20FN5O2. The van der Waals surface area contributed by atoms with Gasteiger partial charge in [0.05, 0.1) is 23.1 Å². The molecule has 2 aromatic carbocycles. The summed E-state index contributed by atoms with van der Waals surface area (Å²) in [5.41, 5.74) is 3.53. The number of halogens is 1. The van der Waals surface area contributed by atoms with Crippen LogP contribution in [0.4, 0.5) is 15.8 Å². The monoisotopic (exact) mass is 417 g/mol. The first-order chi connectivity index (χ1) is 14.8. The molecule has 2 aromatic heterocycles. The molecule has 4 aromatic rings. The second-order valence-corrected chi connectivity index (χ2v) is 7.22. The third-order valence-corrected chi connectivity index (χ3v) is 4.99. The molecule has 0 saturated heterocycles. The lowest BCUT2D eigenvalue weighted by Gasteiger charge is -2.11. The van der Waals surface area contributed by atoms with Crippen molar-refractivity contribution in [1.29, 1.82) is 0 Å². The molecule has 2 amide bonds. The summed E-state index contributed by atoms with van der Waals surface area (Å²) in [6, 6.07) is 12.5. The number of hydrogen-bond donors (Lipinski definition) is 2. The predicted molar refractivity (Wildman–Crippen MR) is 117 cm³/mol. The first-order valence-corrected chi connectivity index (χ1v) is 9.60. The third-order valence-electron chi connectivity index (χ3n) is 4.99. The van der Waals surface area contributed by atoms with Crippen LogP contribution in [0.25, 0.3) is 11.0 Å². The Labute approximate surface area is 177 Å². The van der Waals surface area contributed by atoms with Crippen molar-refractivity contribution in [3.63, 3.8) is 0 Å². The lowest BCUT2D eigenvalue weighted by Crippen LogP contribution is -2.16.